The Labute approximate surface area is 79.2 Å². The predicted octanol–water partition coefficient (Wildman–Crippen LogP) is 2.06. The molecule has 2 nitrogen and oxygen atoms in total. The molecule has 1 rings (SSSR count). The third-order valence-electron chi connectivity index (χ3n) is 2.14. The van der Waals surface area contributed by atoms with Crippen molar-refractivity contribution in [2.24, 2.45) is 0 Å². The fraction of sp³-hybridized carbons (Fsp3) is 0.455. The molecule has 0 heterocycles. The highest BCUT2D eigenvalue weighted by Gasteiger charge is 2.05. The Bertz CT molecular complexity index is 281. The van der Waals surface area contributed by atoms with Gasteiger partial charge in [-0.25, -0.2) is 0 Å². The Morgan fingerprint density at radius 1 is 1.38 bits per heavy atom. The smallest absolute Gasteiger partial charge is 0.123 e. The van der Waals surface area contributed by atoms with E-state index in [2.05, 4.69) is 0 Å². The van der Waals surface area contributed by atoms with Gasteiger partial charge in [0.2, 0.25) is 0 Å². The standard InChI is InChI=1S/C11H16O2/c1-8-5-4-6-11(10(8)3)13-9(2)7-12/h4-6,9,12H,7H2,1-3H3/t9-/m1/s1. The van der Waals surface area contributed by atoms with E-state index in [0.29, 0.717) is 0 Å². The van der Waals surface area contributed by atoms with E-state index in [1.165, 1.54) is 5.56 Å². The van der Waals surface area contributed by atoms with Gasteiger partial charge in [0, 0.05) is 0 Å². The summed E-state index contributed by atoms with van der Waals surface area (Å²) in [6, 6.07) is 5.93. The molecule has 0 aromatic heterocycles. The van der Waals surface area contributed by atoms with Crippen molar-refractivity contribution in [1.82, 2.24) is 0 Å². The van der Waals surface area contributed by atoms with E-state index in [4.69, 9.17) is 9.84 Å². The van der Waals surface area contributed by atoms with Crippen molar-refractivity contribution in [1.29, 1.82) is 0 Å². The lowest BCUT2D eigenvalue weighted by Gasteiger charge is -2.14. The van der Waals surface area contributed by atoms with E-state index in [1.807, 2.05) is 39.0 Å². The van der Waals surface area contributed by atoms with Crippen molar-refractivity contribution in [2.75, 3.05) is 6.61 Å². The topological polar surface area (TPSA) is 29.5 Å². The minimum absolute atomic E-state index is 0.0490. The van der Waals surface area contributed by atoms with Crippen molar-refractivity contribution in [3.8, 4) is 5.75 Å². The summed E-state index contributed by atoms with van der Waals surface area (Å²) in [4.78, 5) is 0. The summed E-state index contributed by atoms with van der Waals surface area (Å²) in [5, 5.41) is 8.83. The number of aliphatic hydroxyl groups excluding tert-OH is 1. The number of ether oxygens (including phenoxy) is 1. The maximum absolute atomic E-state index is 8.83. The molecule has 2 heteroatoms. The third kappa shape index (κ3) is 2.46. The average molecular weight is 180 g/mol. The second kappa shape index (κ2) is 4.28. The highest BCUT2D eigenvalue weighted by atomic mass is 16.5. The van der Waals surface area contributed by atoms with Gasteiger partial charge in [-0.3, -0.25) is 0 Å². The fourth-order valence-corrected chi connectivity index (χ4v) is 1.11. The van der Waals surface area contributed by atoms with E-state index in [0.717, 1.165) is 11.3 Å². The molecule has 0 unspecified atom stereocenters. The molecule has 0 radical (unpaired) electrons. The van der Waals surface area contributed by atoms with E-state index in [1.54, 1.807) is 0 Å². The van der Waals surface area contributed by atoms with Gasteiger partial charge in [-0.05, 0) is 38.0 Å². The average Bonchev–Trinajstić information content (AvgIpc) is 2.13. The van der Waals surface area contributed by atoms with Gasteiger partial charge in [0.05, 0.1) is 6.61 Å². The van der Waals surface area contributed by atoms with Crippen LogP contribution in [0.2, 0.25) is 0 Å². The summed E-state index contributed by atoms with van der Waals surface area (Å²) in [5.74, 6) is 0.863. The lowest BCUT2D eigenvalue weighted by atomic mass is 10.1. The van der Waals surface area contributed by atoms with Crippen LogP contribution in [0, 0.1) is 13.8 Å². The summed E-state index contributed by atoms with van der Waals surface area (Å²) in [6.45, 7) is 5.97. The molecule has 72 valence electrons. The van der Waals surface area contributed by atoms with Crippen LogP contribution in [0.5, 0.6) is 5.75 Å². The Kier molecular flexibility index (Phi) is 3.32. The number of aryl methyl sites for hydroxylation is 1. The Hall–Kier alpha value is -1.02. The zero-order chi connectivity index (χ0) is 9.84. The molecular weight excluding hydrogens is 164 g/mol. The van der Waals surface area contributed by atoms with Crippen LogP contribution in [0.1, 0.15) is 18.1 Å². The van der Waals surface area contributed by atoms with E-state index < -0.39 is 0 Å². The van der Waals surface area contributed by atoms with Crippen LogP contribution in [-0.4, -0.2) is 17.8 Å². The second-order valence-corrected chi connectivity index (χ2v) is 3.31. The normalized spacial score (nSPS) is 12.6. The van der Waals surface area contributed by atoms with Gasteiger partial charge >= 0.3 is 0 Å². The number of benzene rings is 1. The van der Waals surface area contributed by atoms with Crippen molar-refractivity contribution in [3.63, 3.8) is 0 Å². The van der Waals surface area contributed by atoms with Crippen LogP contribution >= 0.6 is 0 Å². The van der Waals surface area contributed by atoms with E-state index in [9.17, 15) is 0 Å². The maximum Gasteiger partial charge on any atom is 0.123 e. The molecule has 0 saturated carbocycles. The Balaban J connectivity index is 2.83. The summed E-state index contributed by atoms with van der Waals surface area (Å²) in [6.07, 6.45) is -0.138. The van der Waals surface area contributed by atoms with Crippen LogP contribution in [0.15, 0.2) is 18.2 Å². The Morgan fingerprint density at radius 2 is 2.08 bits per heavy atom. The molecule has 1 aromatic rings. The first kappa shape index (κ1) is 10.1. The molecule has 0 fully saturated rings. The quantitative estimate of drug-likeness (QED) is 0.771. The molecule has 0 aliphatic carbocycles. The van der Waals surface area contributed by atoms with Crippen molar-refractivity contribution in [3.05, 3.63) is 29.3 Å². The molecular formula is C11H16O2. The summed E-state index contributed by atoms with van der Waals surface area (Å²) < 4.78 is 5.53. The lowest BCUT2D eigenvalue weighted by Crippen LogP contribution is -2.16. The van der Waals surface area contributed by atoms with Crippen LogP contribution in [0.3, 0.4) is 0 Å². The minimum Gasteiger partial charge on any atom is -0.488 e. The van der Waals surface area contributed by atoms with E-state index >= 15 is 0 Å². The molecule has 1 aromatic carbocycles. The first-order valence-electron chi connectivity index (χ1n) is 4.49. The molecule has 0 bridgehead atoms. The summed E-state index contributed by atoms with van der Waals surface area (Å²) in [5.41, 5.74) is 2.35. The van der Waals surface area contributed by atoms with Gasteiger partial charge in [0.1, 0.15) is 11.9 Å². The number of hydrogen-bond donors (Lipinski definition) is 1. The van der Waals surface area contributed by atoms with Gasteiger partial charge in [-0.15, -0.1) is 0 Å². The molecule has 0 aliphatic rings. The number of rotatable bonds is 3. The highest BCUT2D eigenvalue weighted by Crippen LogP contribution is 2.21. The number of hydrogen-bond acceptors (Lipinski definition) is 2. The zero-order valence-electron chi connectivity index (χ0n) is 8.37. The summed E-state index contributed by atoms with van der Waals surface area (Å²) >= 11 is 0. The molecule has 13 heavy (non-hydrogen) atoms. The van der Waals surface area contributed by atoms with Gasteiger partial charge in [-0.2, -0.15) is 0 Å². The van der Waals surface area contributed by atoms with E-state index in [-0.39, 0.29) is 12.7 Å². The predicted molar refractivity (Wildman–Crippen MR) is 53.1 cm³/mol. The largest absolute Gasteiger partial charge is 0.488 e. The lowest BCUT2D eigenvalue weighted by molar-refractivity contribution is 0.129. The second-order valence-electron chi connectivity index (χ2n) is 3.31. The summed E-state index contributed by atoms with van der Waals surface area (Å²) in [7, 11) is 0. The van der Waals surface area contributed by atoms with Gasteiger partial charge in [-0.1, -0.05) is 12.1 Å². The monoisotopic (exact) mass is 180 g/mol. The molecule has 1 N–H and O–H groups in total. The van der Waals surface area contributed by atoms with Gasteiger partial charge in [0.15, 0.2) is 0 Å². The van der Waals surface area contributed by atoms with Gasteiger partial charge in [0.25, 0.3) is 0 Å². The van der Waals surface area contributed by atoms with Crippen LogP contribution < -0.4 is 4.74 Å². The van der Waals surface area contributed by atoms with Crippen LogP contribution in [0.25, 0.3) is 0 Å². The van der Waals surface area contributed by atoms with Crippen molar-refractivity contribution >= 4 is 0 Å². The first-order valence-corrected chi connectivity index (χ1v) is 4.49. The zero-order valence-corrected chi connectivity index (χ0v) is 8.37. The SMILES string of the molecule is Cc1cccc(O[C@H](C)CO)c1C. The van der Waals surface area contributed by atoms with Crippen LogP contribution in [-0.2, 0) is 0 Å². The minimum atomic E-state index is -0.138. The number of aliphatic hydroxyl groups is 1. The molecule has 0 spiro atoms. The molecule has 1 atom stereocenters. The highest BCUT2D eigenvalue weighted by molar-refractivity contribution is 5.38. The van der Waals surface area contributed by atoms with Crippen molar-refractivity contribution in [2.45, 2.75) is 26.9 Å². The molecule has 0 aliphatic heterocycles. The van der Waals surface area contributed by atoms with Crippen LogP contribution in [0.4, 0.5) is 0 Å². The van der Waals surface area contributed by atoms with Crippen molar-refractivity contribution < 1.29 is 9.84 Å². The molecule has 0 saturated heterocycles. The Morgan fingerprint density at radius 3 is 2.69 bits per heavy atom. The third-order valence-corrected chi connectivity index (χ3v) is 2.14. The fourth-order valence-electron chi connectivity index (χ4n) is 1.11. The first-order chi connectivity index (χ1) is 6.15. The maximum atomic E-state index is 8.83. The van der Waals surface area contributed by atoms with Gasteiger partial charge < -0.3 is 9.84 Å². The molecule has 0 amide bonds.